The first kappa shape index (κ1) is 26.5. The maximum atomic E-state index is 11.6. The fourth-order valence-electron chi connectivity index (χ4n) is 3.90. The molecule has 1 aliphatic rings. The molecular formula is C22H37N7O4. The van der Waals surface area contributed by atoms with Gasteiger partial charge in [0.15, 0.2) is 0 Å². The van der Waals surface area contributed by atoms with E-state index >= 15 is 0 Å². The Hall–Kier alpha value is -2.73. The van der Waals surface area contributed by atoms with Crippen LogP contribution in [-0.2, 0) is 20.9 Å². The fraction of sp³-hybridized carbons (Fsp3) is 0.591. The van der Waals surface area contributed by atoms with Crippen LogP contribution in [0, 0.1) is 0 Å². The van der Waals surface area contributed by atoms with Gasteiger partial charge in [-0.2, -0.15) is 0 Å². The summed E-state index contributed by atoms with van der Waals surface area (Å²) in [5, 5.41) is 0. The van der Waals surface area contributed by atoms with Crippen molar-refractivity contribution in [2.75, 3.05) is 79.1 Å². The number of hydrogen-bond donors (Lipinski definition) is 3. The first-order chi connectivity index (χ1) is 15.7. The van der Waals surface area contributed by atoms with Gasteiger partial charge in [0.2, 0.25) is 17.7 Å². The number of methoxy groups -OCH3 is 1. The lowest BCUT2D eigenvalue weighted by molar-refractivity contribution is -0.121. The van der Waals surface area contributed by atoms with E-state index in [9.17, 15) is 14.4 Å². The first-order valence-corrected chi connectivity index (χ1v) is 11.1. The highest BCUT2D eigenvalue weighted by atomic mass is 16.5. The van der Waals surface area contributed by atoms with Crippen molar-refractivity contribution in [2.45, 2.75) is 6.54 Å². The molecule has 184 valence electrons. The van der Waals surface area contributed by atoms with Crippen LogP contribution in [0.2, 0.25) is 0 Å². The summed E-state index contributed by atoms with van der Waals surface area (Å²) in [6.07, 6.45) is 0. The lowest BCUT2D eigenvalue weighted by atomic mass is 10.2. The van der Waals surface area contributed by atoms with E-state index in [4.69, 9.17) is 21.9 Å². The lowest BCUT2D eigenvalue weighted by Crippen LogP contribution is -2.49. The molecule has 6 N–H and O–H groups in total. The third kappa shape index (κ3) is 10.6. The highest BCUT2D eigenvalue weighted by Gasteiger charge is 2.19. The van der Waals surface area contributed by atoms with E-state index in [1.165, 1.54) is 0 Å². The predicted molar refractivity (Wildman–Crippen MR) is 125 cm³/mol. The Morgan fingerprint density at radius 2 is 1.12 bits per heavy atom. The summed E-state index contributed by atoms with van der Waals surface area (Å²) in [5.74, 6) is -0.414. The molecule has 2 rings (SSSR count). The Morgan fingerprint density at radius 3 is 1.48 bits per heavy atom. The molecule has 0 unspecified atom stereocenters. The second kappa shape index (κ2) is 13.7. The van der Waals surface area contributed by atoms with Crippen LogP contribution >= 0.6 is 0 Å². The molecule has 0 atom stereocenters. The molecule has 1 fully saturated rings. The van der Waals surface area contributed by atoms with E-state index in [0.29, 0.717) is 58.9 Å². The number of rotatable bonds is 9. The van der Waals surface area contributed by atoms with Gasteiger partial charge in [-0.25, -0.2) is 0 Å². The number of primary amides is 3. The fourth-order valence-corrected chi connectivity index (χ4v) is 3.90. The number of nitrogens with two attached hydrogens (primary N) is 3. The number of ether oxygens (including phenoxy) is 1. The predicted octanol–water partition coefficient (Wildman–Crippen LogP) is -2.13. The van der Waals surface area contributed by atoms with Gasteiger partial charge in [0.05, 0.1) is 26.7 Å². The van der Waals surface area contributed by atoms with Crippen molar-refractivity contribution in [1.82, 2.24) is 19.6 Å². The van der Waals surface area contributed by atoms with E-state index in [1.807, 2.05) is 39.0 Å². The van der Waals surface area contributed by atoms with Crippen LogP contribution in [0.25, 0.3) is 0 Å². The van der Waals surface area contributed by atoms with Crippen molar-refractivity contribution >= 4 is 17.7 Å². The third-order valence-corrected chi connectivity index (χ3v) is 5.61. The van der Waals surface area contributed by atoms with Gasteiger partial charge in [0.1, 0.15) is 5.75 Å². The van der Waals surface area contributed by atoms with Gasteiger partial charge in [-0.1, -0.05) is 12.1 Å². The number of carbonyl (C=O) groups is 3. The lowest BCUT2D eigenvalue weighted by Gasteiger charge is -2.33. The van der Waals surface area contributed by atoms with Crippen LogP contribution in [0.4, 0.5) is 0 Å². The standard InChI is InChI=1S/C22H37N7O4/c1-33-19-4-2-3-18(13-19)14-26-5-7-27(15-20(23)30)9-11-29(17-22(25)32)12-10-28(8-6-26)16-21(24)31/h2-4,13H,5-12,14-17H2,1H3,(H2,23,30)(H2,24,31)(H2,25,32). The summed E-state index contributed by atoms with van der Waals surface area (Å²) in [6.45, 7) is 5.99. The molecular weight excluding hydrogens is 426 g/mol. The summed E-state index contributed by atoms with van der Waals surface area (Å²) < 4.78 is 5.34. The molecule has 11 heteroatoms. The van der Waals surface area contributed by atoms with Crippen molar-refractivity contribution in [3.63, 3.8) is 0 Å². The van der Waals surface area contributed by atoms with E-state index < -0.39 is 17.7 Å². The molecule has 1 aliphatic heterocycles. The second-order valence-electron chi connectivity index (χ2n) is 8.36. The van der Waals surface area contributed by atoms with Crippen LogP contribution in [0.1, 0.15) is 5.56 Å². The topological polar surface area (TPSA) is 151 Å². The normalized spacial score (nSPS) is 18.2. The first-order valence-electron chi connectivity index (χ1n) is 11.1. The van der Waals surface area contributed by atoms with Gasteiger partial charge in [-0.05, 0) is 17.7 Å². The van der Waals surface area contributed by atoms with Gasteiger partial charge < -0.3 is 21.9 Å². The highest BCUT2D eigenvalue weighted by Crippen LogP contribution is 2.14. The Balaban J connectivity index is 2.17. The van der Waals surface area contributed by atoms with Gasteiger partial charge in [0, 0.05) is 58.9 Å². The monoisotopic (exact) mass is 463 g/mol. The maximum absolute atomic E-state index is 11.6. The molecule has 1 aromatic rings. The Labute approximate surface area is 195 Å². The minimum Gasteiger partial charge on any atom is -0.497 e. The van der Waals surface area contributed by atoms with Crippen molar-refractivity contribution in [2.24, 2.45) is 17.2 Å². The average Bonchev–Trinajstić information content (AvgIpc) is 2.74. The van der Waals surface area contributed by atoms with E-state index in [-0.39, 0.29) is 19.6 Å². The summed E-state index contributed by atoms with van der Waals surface area (Å²) in [5.41, 5.74) is 17.4. The zero-order chi connectivity index (χ0) is 24.2. The van der Waals surface area contributed by atoms with Crippen LogP contribution in [0.3, 0.4) is 0 Å². The molecule has 0 bridgehead atoms. The Morgan fingerprint density at radius 1 is 0.727 bits per heavy atom. The summed E-state index contributed by atoms with van der Waals surface area (Å²) in [6, 6.07) is 7.90. The Bertz CT molecular complexity index is 760. The van der Waals surface area contributed by atoms with Crippen molar-refractivity contribution in [1.29, 1.82) is 0 Å². The van der Waals surface area contributed by atoms with Crippen molar-refractivity contribution < 1.29 is 19.1 Å². The van der Waals surface area contributed by atoms with Crippen molar-refractivity contribution in [3.8, 4) is 5.75 Å². The largest absolute Gasteiger partial charge is 0.497 e. The number of benzene rings is 1. The number of nitrogens with zero attached hydrogens (tertiary/aromatic N) is 4. The van der Waals surface area contributed by atoms with Gasteiger partial charge >= 0.3 is 0 Å². The molecule has 11 nitrogen and oxygen atoms in total. The number of amides is 3. The van der Waals surface area contributed by atoms with Gasteiger partial charge in [-0.3, -0.25) is 34.0 Å². The molecule has 0 radical (unpaired) electrons. The third-order valence-electron chi connectivity index (χ3n) is 5.61. The van der Waals surface area contributed by atoms with Crippen molar-refractivity contribution in [3.05, 3.63) is 29.8 Å². The van der Waals surface area contributed by atoms with E-state index in [0.717, 1.165) is 11.3 Å². The molecule has 0 saturated carbocycles. The summed E-state index contributed by atoms with van der Waals surface area (Å²) in [4.78, 5) is 42.9. The van der Waals surface area contributed by atoms with Crippen LogP contribution in [0.15, 0.2) is 24.3 Å². The smallest absolute Gasteiger partial charge is 0.231 e. The molecule has 0 aliphatic carbocycles. The molecule has 1 heterocycles. The van der Waals surface area contributed by atoms with Crippen LogP contribution in [-0.4, -0.2) is 116 Å². The maximum Gasteiger partial charge on any atom is 0.231 e. The molecule has 33 heavy (non-hydrogen) atoms. The second-order valence-corrected chi connectivity index (χ2v) is 8.36. The summed E-state index contributed by atoms with van der Waals surface area (Å²) >= 11 is 0. The SMILES string of the molecule is COc1cccc(CN2CCN(CC(N)=O)CCN(CC(N)=O)CCN(CC(N)=O)CC2)c1. The van der Waals surface area contributed by atoms with E-state index in [1.54, 1.807) is 7.11 Å². The quantitative estimate of drug-likeness (QED) is 0.376. The number of carbonyl (C=O) groups excluding carboxylic acids is 3. The molecule has 0 spiro atoms. The molecule has 1 saturated heterocycles. The van der Waals surface area contributed by atoms with E-state index in [2.05, 4.69) is 4.90 Å². The molecule has 3 amide bonds. The van der Waals surface area contributed by atoms with Gasteiger partial charge in [0.25, 0.3) is 0 Å². The van der Waals surface area contributed by atoms with Crippen LogP contribution in [0.5, 0.6) is 5.75 Å². The van der Waals surface area contributed by atoms with Gasteiger partial charge in [-0.15, -0.1) is 0 Å². The summed E-state index contributed by atoms with van der Waals surface area (Å²) in [7, 11) is 1.64. The number of hydrogen-bond acceptors (Lipinski definition) is 8. The average molecular weight is 464 g/mol. The Kier molecular flexibility index (Phi) is 11.0. The molecule has 1 aromatic carbocycles. The van der Waals surface area contributed by atoms with Crippen LogP contribution < -0.4 is 21.9 Å². The minimum atomic E-state index is -0.422. The highest BCUT2D eigenvalue weighted by molar-refractivity contribution is 5.76. The minimum absolute atomic E-state index is 0.108. The zero-order valence-electron chi connectivity index (χ0n) is 19.4. The molecule has 0 aromatic heterocycles. The zero-order valence-corrected chi connectivity index (χ0v) is 19.4.